The SMILES string of the molecule is CNC(=O)c1ccc(N)cc1NCCN1CCN(c2ccccc2)CC1. The van der Waals surface area contributed by atoms with Gasteiger partial charge in [0.05, 0.1) is 5.56 Å². The maximum Gasteiger partial charge on any atom is 0.253 e. The lowest BCUT2D eigenvalue weighted by molar-refractivity contribution is 0.0964. The Morgan fingerprint density at radius 1 is 1.08 bits per heavy atom. The molecular formula is C20H27N5O. The maximum absolute atomic E-state index is 12.0. The molecule has 4 N–H and O–H groups in total. The maximum atomic E-state index is 12.0. The third kappa shape index (κ3) is 4.46. The Labute approximate surface area is 155 Å². The Bertz CT molecular complexity index is 726. The monoisotopic (exact) mass is 353 g/mol. The van der Waals surface area contributed by atoms with Crippen LogP contribution >= 0.6 is 0 Å². The average Bonchev–Trinajstić information content (AvgIpc) is 2.69. The van der Waals surface area contributed by atoms with Crippen molar-refractivity contribution in [2.24, 2.45) is 0 Å². The zero-order valence-electron chi connectivity index (χ0n) is 15.2. The minimum atomic E-state index is -0.107. The van der Waals surface area contributed by atoms with Crippen molar-refractivity contribution in [2.75, 3.05) is 62.3 Å². The highest BCUT2D eigenvalue weighted by atomic mass is 16.1. The van der Waals surface area contributed by atoms with Crippen LogP contribution in [0.5, 0.6) is 0 Å². The number of hydrogen-bond donors (Lipinski definition) is 3. The molecule has 6 nitrogen and oxygen atoms in total. The molecule has 26 heavy (non-hydrogen) atoms. The van der Waals surface area contributed by atoms with Crippen LogP contribution in [0.3, 0.4) is 0 Å². The topological polar surface area (TPSA) is 73.6 Å². The second-order valence-corrected chi connectivity index (χ2v) is 6.48. The van der Waals surface area contributed by atoms with Crippen molar-refractivity contribution in [1.82, 2.24) is 10.2 Å². The highest BCUT2D eigenvalue weighted by Gasteiger charge is 2.17. The number of nitrogens with zero attached hydrogens (tertiary/aromatic N) is 2. The van der Waals surface area contributed by atoms with Crippen LogP contribution in [0.25, 0.3) is 0 Å². The lowest BCUT2D eigenvalue weighted by Gasteiger charge is -2.36. The predicted molar refractivity (Wildman–Crippen MR) is 108 cm³/mol. The molecule has 1 saturated heterocycles. The molecule has 1 fully saturated rings. The summed E-state index contributed by atoms with van der Waals surface area (Å²) in [6.45, 7) is 5.85. The van der Waals surface area contributed by atoms with E-state index < -0.39 is 0 Å². The van der Waals surface area contributed by atoms with Crippen LogP contribution < -0.4 is 21.3 Å². The van der Waals surface area contributed by atoms with Crippen LogP contribution in [0, 0.1) is 0 Å². The van der Waals surface area contributed by atoms with Gasteiger partial charge in [0.2, 0.25) is 0 Å². The van der Waals surface area contributed by atoms with Crippen LogP contribution in [-0.4, -0.2) is 57.1 Å². The summed E-state index contributed by atoms with van der Waals surface area (Å²) in [6.07, 6.45) is 0. The summed E-state index contributed by atoms with van der Waals surface area (Å²) in [6, 6.07) is 15.9. The van der Waals surface area contributed by atoms with Gasteiger partial charge >= 0.3 is 0 Å². The number of anilines is 3. The molecule has 6 heteroatoms. The van der Waals surface area contributed by atoms with E-state index in [2.05, 4.69) is 50.8 Å². The normalized spacial score (nSPS) is 14.9. The molecule has 0 bridgehead atoms. The Hall–Kier alpha value is -2.73. The Morgan fingerprint density at radius 3 is 2.50 bits per heavy atom. The quantitative estimate of drug-likeness (QED) is 0.692. The number of carbonyl (C=O) groups is 1. The van der Waals surface area contributed by atoms with Gasteiger partial charge in [-0.1, -0.05) is 18.2 Å². The van der Waals surface area contributed by atoms with Crippen molar-refractivity contribution >= 4 is 23.0 Å². The van der Waals surface area contributed by atoms with Gasteiger partial charge in [-0.05, 0) is 30.3 Å². The molecule has 0 aliphatic carbocycles. The van der Waals surface area contributed by atoms with E-state index >= 15 is 0 Å². The third-order valence-electron chi connectivity index (χ3n) is 4.75. The van der Waals surface area contributed by atoms with Gasteiger partial charge < -0.3 is 21.3 Å². The number of carbonyl (C=O) groups excluding carboxylic acids is 1. The standard InChI is InChI=1S/C20H27N5O/c1-22-20(26)18-8-7-16(21)15-19(18)23-9-10-24-11-13-25(14-12-24)17-5-3-2-4-6-17/h2-8,15,23H,9-14,21H2,1H3,(H,22,26). The van der Waals surface area contributed by atoms with Crippen LogP contribution in [0.1, 0.15) is 10.4 Å². The second-order valence-electron chi connectivity index (χ2n) is 6.48. The third-order valence-corrected chi connectivity index (χ3v) is 4.75. The predicted octanol–water partition coefficient (Wildman–Crippen LogP) is 1.86. The largest absolute Gasteiger partial charge is 0.399 e. The minimum Gasteiger partial charge on any atom is -0.399 e. The molecule has 2 aromatic rings. The molecule has 1 aliphatic rings. The van der Waals surface area contributed by atoms with E-state index in [1.54, 1.807) is 19.2 Å². The van der Waals surface area contributed by atoms with E-state index in [1.807, 2.05) is 6.07 Å². The molecule has 0 saturated carbocycles. The number of amides is 1. The van der Waals surface area contributed by atoms with Crippen molar-refractivity contribution in [2.45, 2.75) is 0 Å². The van der Waals surface area contributed by atoms with E-state index in [0.29, 0.717) is 11.3 Å². The van der Waals surface area contributed by atoms with Crippen LogP contribution in [0.15, 0.2) is 48.5 Å². The molecule has 0 atom stereocenters. The molecule has 0 spiro atoms. The zero-order chi connectivity index (χ0) is 18.4. The van der Waals surface area contributed by atoms with E-state index in [-0.39, 0.29) is 5.91 Å². The molecule has 0 unspecified atom stereocenters. The van der Waals surface area contributed by atoms with Gasteiger partial charge in [-0.2, -0.15) is 0 Å². The summed E-state index contributed by atoms with van der Waals surface area (Å²) < 4.78 is 0. The minimum absolute atomic E-state index is 0.107. The molecule has 0 aromatic heterocycles. The molecule has 0 radical (unpaired) electrons. The summed E-state index contributed by atoms with van der Waals surface area (Å²) in [5, 5.41) is 6.03. The molecule has 138 valence electrons. The molecule has 2 aromatic carbocycles. The van der Waals surface area contributed by atoms with Gasteiger partial charge in [0.1, 0.15) is 0 Å². The zero-order valence-corrected chi connectivity index (χ0v) is 15.2. The van der Waals surface area contributed by atoms with E-state index in [9.17, 15) is 4.79 Å². The lowest BCUT2D eigenvalue weighted by Crippen LogP contribution is -2.47. The molecular weight excluding hydrogens is 326 g/mol. The first-order valence-electron chi connectivity index (χ1n) is 9.05. The smallest absolute Gasteiger partial charge is 0.253 e. The highest BCUT2D eigenvalue weighted by molar-refractivity contribution is 6.00. The average molecular weight is 353 g/mol. The Morgan fingerprint density at radius 2 is 1.81 bits per heavy atom. The van der Waals surface area contributed by atoms with Crippen LogP contribution in [0.4, 0.5) is 17.1 Å². The van der Waals surface area contributed by atoms with E-state index in [0.717, 1.165) is 45.0 Å². The summed E-state index contributed by atoms with van der Waals surface area (Å²) >= 11 is 0. The van der Waals surface area contributed by atoms with Gasteiger partial charge in [-0.15, -0.1) is 0 Å². The van der Waals surface area contributed by atoms with Gasteiger partial charge in [-0.3, -0.25) is 9.69 Å². The molecule has 3 rings (SSSR count). The molecule has 1 heterocycles. The first-order chi connectivity index (χ1) is 12.7. The van der Waals surface area contributed by atoms with Crippen molar-refractivity contribution in [3.63, 3.8) is 0 Å². The first-order valence-corrected chi connectivity index (χ1v) is 9.05. The number of piperazine rings is 1. The summed E-state index contributed by atoms with van der Waals surface area (Å²) in [5.41, 5.74) is 9.21. The Balaban J connectivity index is 1.49. The summed E-state index contributed by atoms with van der Waals surface area (Å²) in [4.78, 5) is 16.8. The van der Waals surface area contributed by atoms with Crippen molar-refractivity contribution in [3.8, 4) is 0 Å². The lowest BCUT2D eigenvalue weighted by atomic mass is 10.1. The van der Waals surface area contributed by atoms with E-state index in [1.165, 1.54) is 5.69 Å². The van der Waals surface area contributed by atoms with Crippen LogP contribution in [0.2, 0.25) is 0 Å². The van der Waals surface area contributed by atoms with Crippen LogP contribution in [-0.2, 0) is 0 Å². The molecule has 1 aliphatic heterocycles. The Kier molecular flexibility index (Phi) is 5.96. The number of rotatable bonds is 6. The number of para-hydroxylation sites is 1. The van der Waals surface area contributed by atoms with Gasteiger partial charge in [0, 0.05) is 63.4 Å². The number of nitrogens with two attached hydrogens (primary N) is 1. The van der Waals surface area contributed by atoms with Crippen molar-refractivity contribution < 1.29 is 4.79 Å². The number of benzene rings is 2. The van der Waals surface area contributed by atoms with Crippen molar-refractivity contribution in [1.29, 1.82) is 0 Å². The number of nitrogens with one attached hydrogen (secondary N) is 2. The van der Waals surface area contributed by atoms with Gasteiger partial charge in [0.15, 0.2) is 0 Å². The van der Waals surface area contributed by atoms with Gasteiger partial charge in [-0.25, -0.2) is 0 Å². The molecule has 1 amide bonds. The van der Waals surface area contributed by atoms with Crippen molar-refractivity contribution in [3.05, 3.63) is 54.1 Å². The fourth-order valence-electron chi connectivity index (χ4n) is 3.26. The van der Waals surface area contributed by atoms with E-state index in [4.69, 9.17) is 5.73 Å². The number of hydrogen-bond acceptors (Lipinski definition) is 5. The fraction of sp³-hybridized carbons (Fsp3) is 0.350. The fourth-order valence-corrected chi connectivity index (χ4v) is 3.26. The second kappa shape index (κ2) is 8.58. The summed E-state index contributed by atoms with van der Waals surface area (Å²) in [7, 11) is 1.63. The van der Waals surface area contributed by atoms with Gasteiger partial charge in [0.25, 0.3) is 5.91 Å². The summed E-state index contributed by atoms with van der Waals surface area (Å²) in [5.74, 6) is -0.107. The number of nitrogen functional groups attached to an aromatic ring is 1. The highest BCUT2D eigenvalue weighted by Crippen LogP contribution is 2.19. The first kappa shape index (κ1) is 18.1.